The van der Waals surface area contributed by atoms with Crippen LogP contribution in [-0.2, 0) is 0 Å². The number of thiophene rings is 1. The van der Waals surface area contributed by atoms with Crippen LogP contribution in [0.4, 0.5) is 5.95 Å². The minimum atomic E-state index is 0.388. The molecule has 0 amide bonds. The molecule has 0 aliphatic carbocycles. The van der Waals surface area contributed by atoms with Crippen LogP contribution in [0, 0.1) is 0 Å². The second-order valence-corrected chi connectivity index (χ2v) is 4.97. The van der Waals surface area contributed by atoms with Crippen LogP contribution < -0.4 is 10.1 Å². The Labute approximate surface area is 117 Å². The van der Waals surface area contributed by atoms with Gasteiger partial charge in [-0.3, -0.25) is 0 Å². The van der Waals surface area contributed by atoms with E-state index in [1.807, 2.05) is 17.5 Å². The number of hydrogen-bond acceptors (Lipinski definition) is 6. The molecule has 6 heteroatoms. The van der Waals surface area contributed by atoms with Gasteiger partial charge in [-0.2, -0.15) is 15.0 Å². The van der Waals surface area contributed by atoms with Crippen molar-refractivity contribution in [2.45, 2.75) is 26.7 Å². The van der Waals surface area contributed by atoms with Gasteiger partial charge in [0.05, 0.1) is 11.5 Å². The highest BCUT2D eigenvalue weighted by atomic mass is 32.1. The third-order valence-electron chi connectivity index (χ3n) is 2.32. The molecule has 0 radical (unpaired) electrons. The summed E-state index contributed by atoms with van der Waals surface area (Å²) in [5.74, 6) is 1.24. The third kappa shape index (κ3) is 3.89. The van der Waals surface area contributed by atoms with Crippen molar-refractivity contribution < 1.29 is 4.74 Å². The lowest BCUT2D eigenvalue weighted by molar-refractivity contribution is 0.292. The Balaban J connectivity index is 2.25. The topological polar surface area (TPSA) is 59.9 Å². The average molecular weight is 278 g/mol. The molecule has 0 saturated heterocycles. The highest BCUT2D eigenvalue weighted by molar-refractivity contribution is 7.13. The molecule has 0 aromatic carbocycles. The fraction of sp³-hybridized carbons (Fsp3) is 0.462. The average Bonchev–Trinajstić information content (AvgIpc) is 2.97. The van der Waals surface area contributed by atoms with E-state index in [0.717, 1.165) is 24.3 Å². The number of ether oxygens (including phenoxy) is 1. The van der Waals surface area contributed by atoms with Crippen molar-refractivity contribution in [3.05, 3.63) is 17.5 Å². The summed E-state index contributed by atoms with van der Waals surface area (Å²) in [5, 5.41) is 5.18. The highest BCUT2D eigenvalue weighted by Gasteiger charge is 2.09. The van der Waals surface area contributed by atoms with Gasteiger partial charge in [-0.05, 0) is 24.3 Å². The van der Waals surface area contributed by atoms with Crippen molar-refractivity contribution >= 4 is 17.3 Å². The second kappa shape index (κ2) is 7.04. The molecule has 1 N–H and O–H groups in total. The van der Waals surface area contributed by atoms with Gasteiger partial charge < -0.3 is 10.1 Å². The molecule has 2 heterocycles. The lowest BCUT2D eigenvalue weighted by atomic mass is 10.4. The molecule has 5 nitrogen and oxygen atoms in total. The van der Waals surface area contributed by atoms with Gasteiger partial charge in [0.25, 0.3) is 0 Å². The van der Waals surface area contributed by atoms with Crippen molar-refractivity contribution in [1.29, 1.82) is 0 Å². The normalized spacial score (nSPS) is 10.4. The molecule has 0 unspecified atom stereocenters. The zero-order valence-corrected chi connectivity index (χ0v) is 12.0. The number of nitrogens with zero attached hydrogens (tertiary/aromatic N) is 3. The quantitative estimate of drug-likeness (QED) is 0.842. The molecule has 0 aliphatic rings. The van der Waals surface area contributed by atoms with E-state index >= 15 is 0 Å². The number of nitrogens with one attached hydrogen (secondary N) is 1. The van der Waals surface area contributed by atoms with Gasteiger partial charge in [-0.25, -0.2) is 0 Å². The van der Waals surface area contributed by atoms with Crippen LogP contribution in [-0.4, -0.2) is 28.1 Å². The van der Waals surface area contributed by atoms with Crippen LogP contribution in [0.5, 0.6) is 6.01 Å². The standard InChI is InChI=1S/C13H18N4OS/c1-3-7-14-12-15-11(10-6-5-9-19-10)16-13(17-12)18-8-4-2/h5-6,9H,3-4,7-8H2,1-2H3,(H,14,15,16,17). The smallest absolute Gasteiger partial charge is 0.321 e. The zero-order valence-electron chi connectivity index (χ0n) is 11.2. The molecule has 2 aromatic rings. The van der Waals surface area contributed by atoms with Gasteiger partial charge in [0, 0.05) is 6.54 Å². The highest BCUT2D eigenvalue weighted by Crippen LogP contribution is 2.23. The summed E-state index contributed by atoms with van der Waals surface area (Å²) in [7, 11) is 0. The fourth-order valence-electron chi connectivity index (χ4n) is 1.45. The number of hydrogen-bond donors (Lipinski definition) is 1. The first-order valence-electron chi connectivity index (χ1n) is 6.50. The summed E-state index contributed by atoms with van der Waals surface area (Å²) >= 11 is 1.60. The molecule has 2 aromatic heterocycles. The Kier molecular flexibility index (Phi) is 5.09. The van der Waals surface area contributed by atoms with Crippen LogP contribution in [0.15, 0.2) is 17.5 Å². The number of anilines is 1. The molecule has 102 valence electrons. The molecule has 19 heavy (non-hydrogen) atoms. The predicted octanol–water partition coefficient (Wildman–Crippen LogP) is 3.21. The van der Waals surface area contributed by atoms with E-state index < -0.39 is 0 Å². The van der Waals surface area contributed by atoms with Crippen LogP contribution in [0.1, 0.15) is 26.7 Å². The van der Waals surface area contributed by atoms with Gasteiger partial charge in [0.15, 0.2) is 5.82 Å². The predicted molar refractivity (Wildman–Crippen MR) is 77.7 cm³/mol. The van der Waals surface area contributed by atoms with Crippen molar-refractivity contribution in [2.24, 2.45) is 0 Å². The summed E-state index contributed by atoms with van der Waals surface area (Å²) in [6, 6.07) is 4.36. The zero-order chi connectivity index (χ0) is 13.5. The minimum absolute atomic E-state index is 0.388. The van der Waals surface area contributed by atoms with Crippen LogP contribution in [0.2, 0.25) is 0 Å². The first-order valence-corrected chi connectivity index (χ1v) is 7.38. The Bertz CT molecular complexity index is 475. The summed E-state index contributed by atoms with van der Waals surface area (Å²) in [6.07, 6.45) is 1.95. The number of rotatable bonds is 7. The van der Waals surface area contributed by atoms with Crippen molar-refractivity contribution in [3.8, 4) is 16.7 Å². The first kappa shape index (κ1) is 13.7. The van der Waals surface area contributed by atoms with E-state index in [9.17, 15) is 0 Å². The molecule has 0 spiro atoms. The largest absolute Gasteiger partial charge is 0.463 e. The van der Waals surface area contributed by atoms with Gasteiger partial charge in [-0.1, -0.05) is 19.9 Å². The van der Waals surface area contributed by atoms with Crippen LogP contribution in [0.25, 0.3) is 10.7 Å². The maximum Gasteiger partial charge on any atom is 0.321 e. The third-order valence-corrected chi connectivity index (χ3v) is 3.19. The Morgan fingerprint density at radius 2 is 2.11 bits per heavy atom. The molecule has 0 bridgehead atoms. The van der Waals surface area contributed by atoms with E-state index in [1.165, 1.54) is 0 Å². The maximum atomic E-state index is 5.52. The number of aromatic nitrogens is 3. The summed E-state index contributed by atoms with van der Waals surface area (Å²) in [5.41, 5.74) is 0. The molecule has 0 atom stereocenters. The molecule has 0 aliphatic heterocycles. The van der Waals surface area contributed by atoms with Gasteiger partial charge >= 0.3 is 6.01 Å². The van der Waals surface area contributed by atoms with Gasteiger partial charge in [0.2, 0.25) is 5.95 Å². The fourth-order valence-corrected chi connectivity index (χ4v) is 2.10. The van der Waals surface area contributed by atoms with E-state index in [1.54, 1.807) is 11.3 Å². The lowest BCUT2D eigenvalue weighted by Gasteiger charge is -2.08. The second-order valence-electron chi connectivity index (χ2n) is 4.02. The van der Waals surface area contributed by atoms with E-state index in [-0.39, 0.29) is 0 Å². The molecule has 2 rings (SSSR count). The van der Waals surface area contributed by atoms with Crippen LogP contribution in [0.3, 0.4) is 0 Å². The maximum absolute atomic E-state index is 5.52. The lowest BCUT2D eigenvalue weighted by Crippen LogP contribution is -2.09. The van der Waals surface area contributed by atoms with Crippen molar-refractivity contribution in [1.82, 2.24) is 15.0 Å². The van der Waals surface area contributed by atoms with E-state index in [2.05, 4.69) is 34.1 Å². The molecule has 0 fully saturated rings. The van der Waals surface area contributed by atoms with Crippen molar-refractivity contribution in [2.75, 3.05) is 18.5 Å². The molecular formula is C13H18N4OS. The van der Waals surface area contributed by atoms with Crippen LogP contribution >= 0.6 is 11.3 Å². The van der Waals surface area contributed by atoms with E-state index in [4.69, 9.17) is 4.74 Å². The SMILES string of the molecule is CCCNc1nc(OCCC)nc(-c2cccs2)n1. The van der Waals surface area contributed by atoms with Crippen molar-refractivity contribution in [3.63, 3.8) is 0 Å². The molecular weight excluding hydrogens is 260 g/mol. The van der Waals surface area contributed by atoms with Gasteiger partial charge in [-0.15, -0.1) is 11.3 Å². The summed E-state index contributed by atoms with van der Waals surface area (Å²) < 4.78 is 5.52. The summed E-state index contributed by atoms with van der Waals surface area (Å²) in [4.78, 5) is 14.1. The minimum Gasteiger partial charge on any atom is -0.463 e. The van der Waals surface area contributed by atoms with Gasteiger partial charge in [0.1, 0.15) is 0 Å². The summed E-state index contributed by atoms with van der Waals surface area (Å²) in [6.45, 7) is 5.60. The first-order chi connectivity index (χ1) is 9.33. The Morgan fingerprint density at radius 1 is 1.21 bits per heavy atom. The Morgan fingerprint density at radius 3 is 2.79 bits per heavy atom. The van der Waals surface area contributed by atoms with E-state index in [0.29, 0.717) is 24.4 Å². The molecule has 0 saturated carbocycles. The monoisotopic (exact) mass is 278 g/mol. The Hall–Kier alpha value is -1.69.